The minimum Gasteiger partial charge on any atom is -0.459 e. The van der Waals surface area contributed by atoms with Crippen molar-refractivity contribution in [3.05, 3.63) is 24.3 Å². The standard InChI is InChI=1S/C8H6N2O2/c1-12-8(11)3-2-7-4-9-6-10-5-7/h4-6H,1H3. The molecule has 12 heavy (non-hydrogen) atoms. The van der Waals surface area contributed by atoms with Crippen LogP contribution in [0.5, 0.6) is 0 Å². The third kappa shape index (κ3) is 2.39. The first kappa shape index (κ1) is 8.21. The molecule has 0 unspecified atom stereocenters. The van der Waals surface area contributed by atoms with Crippen molar-refractivity contribution >= 4 is 5.97 Å². The largest absolute Gasteiger partial charge is 0.459 e. The fourth-order valence-electron chi connectivity index (χ4n) is 0.538. The molecule has 1 rings (SSSR count). The molecule has 0 N–H and O–H groups in total. The van der Waals surface area contributed by atoms with E-state index in [9.17, 15) is 4.79 Å². The Kier molecular flexibility index (Phi) is 2.79. The average Bonchev–Trinajstić information content (AvgIpc) is 2.16. The number of nitrogens with zero attached hydrogens (tertiary/aromatic N) is 2. The van der Waals surface area contributed by atoms with E-state index in [1.165, 1.54) is 25.8 Å². The van der Waals surface area contributed by atoms with Gasteiger partial charge in [-0.1, -0.05) is 5.92 Å². The topological polar surface area (TPSA) is 52.1 Å². The van der Waals surface area contributed by atoms with Gasteiger partial charge < -0.3 is 4.74 Å². The molecule has 0 spiro atoms. The molecule has 0 saturated heterocycles. The zero-order valence-electron chi connectivity index (χ0n) is 6.44. The number of esters is 1. The van der Waals surface area contributed by atoms with Crippen molar-refractivity contribution in [3.63, 3.8) is 0 Å². The fourth-order valence-corrected chi connectivity index (χ4v) is 0.538. The summed E-state index contributed by atoms with van der Waals surface area (Å²) < 4.78 is 4.32. The molecular formula is C8H6N2O2. The van der Waals surface area contributed by atoms with Crippen molar-refractivity contribution < 1.29 is 9.53 Å². The van der Waals surface area contributed by atoms with Crippen LogP contribution in [0.15, 0.2) is 18.7 Å². The van der Waals surface area contributed by atoms with Gasteiger partial charge in [0.1, 0.15) is 6.33 Å². The molecule has 0 amide bonds. The Morgan fingerprint density at radius 3 is 2.75 bits per heavy atom. The quantitative estimate of drug-likeness (QED) is 0.398. The summed E-state index contributed by atoms with van der Waals surface area (Å²) in [5.41, 5.74) is 0.586. The molecule has 4 nitrogen and oxygen atoms in total. The molecule has 0 saturated carbocycles. The van der Waals surface area contributed by atoms with E-state index < -0.39 is 5.97 Å². The van der Waals surface area contributed by atoms with Gasteiger partial charge in [-0.25, -0.2) is 14.8 Å². The predicted molar refractivity (Wildman–Crippen MR) is 40.9 cm³/mol. The highest BCUT2D eigenvalue weighted by Gasteiger charge is 1.89. The number of rotatable bonds is 0. The van der Waals surface area contributed by atoms with E-state index >= 15 is 0 Å². The lowest BCUT2D eigenvalue weighted by Crippen LogP contribution is -1.94. The summed E-state index contributed by atoms with van der Waals surface area (Å²) >= 11 is 0. The molecule has 1 aromatic rings. The molecule has 0 radical (unpaired) electrons. The van der Waals surface area contributed by atoms with E-state index in [-0.39, 0.29) is 0 Å². The van der Waals surface area contributed by atoms with Gasteiger partial charge in [-0.05, 0) is 0 Å². The number of hydrogen-bond acceptors (Lipinski definition) is 4. The van der Waals surface area contributed by atoms with E-state index in [0.717, 1.165) is 0 Å². The Balaban J connectivity index is 2.74. The SMILES string of the molecule is COC(=O)C#Cc1cncnc1. The lowest BCUT2D eigenvalue weighted by atomic mass is 10.3. The van der Waals surface area contributed by atoms with Crippen LogP contribution in [-0.2, 0) is 9.53 Å². The van der Waals surface area contributed by atoms with Gasteiger partial charge in [0, 0.05) is 18.3 Å². The van der Waals surface area contributed by atoms with Crippen molar-refractivity contribution in [2.75, 3.05) is 7.11 Å². The Hall–Kier alpha value is -1.89. The summed E-state index contributed by atoms with van der Waals surface area (Å²) in [7, 11) is 1.28. The second-order valence-corrected chi connectivity index (χ2v) is 1.87. The van der Waals surface area contributed by atoms with Crippen LogP contribution in [0.3, 0.4) is 0 Å². The maximum Gasteiger partial charge on any atom is 0.384 e. The highest BCUT2D eigenvalue weighted by molar-refractivity contribution is 5.88. The molecule has 0 bridgehead atoms. The third-order valence-electron chi connectivity index (χ3n) is 1.05. The average molecular weight is 162 g/mol. The predicted octanol–water partition coefficient (Wildman–Crippen LogP) is 0.00110. The Morgan fingerprint density at radius 1 is 1.50 bits per heavy atom. The maximum absolute atomic E-state index is 10.5. The van der Waals surface area contributed by atoms with Gasteiger partial charge in [0.15, 0.2) is 0 Å². The van der Waals surface area contributed by atoms with Crippen molar-refractivity contribution in [2.24, 2.45) is 0 Å². The highest BCUT2D eigenvalue weighted by Crippen LogP contribution is 1.87. The molecule has 1 heterocycles. The lowest BCUT2D eigenvalue weighted by molar-refractivity contribution is -0.133. The smallest absolute Gasteiger partial charge is 0.384 e. The molecule has 0 fully saturated rings. The number of aromatic nitrogens is 2. The maximum atomic E-state index is 10.5. The number of carbonyl (C=O) groups excluding carboxylic acids is 1. The number of ether oxygens (including phenoxy) is 1. The molecule has 60 valence electrons. The van der Waals surface area contributed by atoms with Crippen LogP contribution in [0.1, 0.15) is 5.56 Å². The molecule has 0 aliphatic carbocycles. The van der Waals surface area contributed by atoms with Crippen molar-refractivity contribution in [2.45, 2.75) is 0 Å². The normalized spacial score (nSPS) is 8.08. The van der Waals surface area contributed by atoms with E-state index in [1.54, 1.807) is 0 Å². The Bertz CT molecular complexity index is 324. The van der Waals surface area contributed by atoms with Crippen molar-refractivity contribution in [3.8, 4) is 11.8 Å². The number of hydrogen-bond donors (Lipinski definition) is 0. The van der Waals surface area contributed by atoms with Crippen molar-refractivity contribution in [1.29, 1.82) is 0 Å². The fraction of sp³-hybridized carbons (Fsp3) is 0.125. The lowest BCUT2D eigenvalue weighted by Gasteiger charge is -1.85. The van der Waals surface area contributed by atoms with Gasteiger partial charge in [0.2, 0.25) is 0 Å². The Morgan fingerprint density at radius 2 is 2.17 bits per heavy atom. The van der Waals surface area contributed by atoms with Crippen LogP contribution in [0.4, 0.5) is 0 Å². The first-order valence-corrected chi connectivity index (χ1v) is 3.18. The second kappa shape index (κ2) is 4.09. The molecule has 1 aromatic heterocycles. The van der Waals surface area contributed by atoms with Crippen LogP contribution < -0.4 is 0 Å². The van der Waals surface area contributed by atoms with Gasteiger partial charge in [0.05, 0.1) is 12.7 Å². The second-order valence-electron chi connectivity index (χ2n) is 1.87. The van der Waals surface area contributed by atoms with Crippen LogP contribution in [0.2, 0.25) is 0 Å². The zero-order valence-corrected chi connectivity index (χ0v) is 6.44. The summed E-state index contributed by atoms with van der Waals surface area (Å²) in [4.78, 5) is 18.0. The molecule has 0 aromatic carbocycles. The van der Waals surface area contributed by atoms with E-state index in [1.807, 2.05) is 0 Å². The minimum atomic E-state index is -0.571. The first-order chi connectivity index (χ1) is 5.83. The van der Waals surface area contributed by atoms with E-state index in [4.69, 9.17) is 0 Å². The number of methoxy groups -OCH3 is 1. The molecule has 0 aliphatic rings. The molecular weight excluding hydrogens is 156 g/mol. The van der Waals surface area contributed by atoms with Gasteiger partial charge in [-0.3, -0.25) is 0 Å². The van der Waals surface area contributed by atoms with E-state index in [0.29, 0.717) is 5.56 Å². The number of carbonyl (C=O) groups is 1. The third-order valence-corrected chi connectivity index (χ3v) is 1.05. The van der Waals surface area contributed by atoms with Gasteiger partial charge >= 0.3 is 5.97 Å². The van der Waals surface area contributed by atoms with Gasteiger partial charge in [-0.15, -0.1) is 0 Å². The summed E-state index contributed by atoms with van der Waals surface area (Å²) in [6.45, 7) is 0. The van der Waals surface area contributed by atoms with Crippen LogP contribution >= 0.6 is 0 Å². The Labute approximate surface area is 69.6 Å². The van der Waals surface area contributed by atoms with E-state index in [2.05, 4.69) is 26.5 Å². The van der Waals surface area contributed by atoms with Crippen LogP contribution in [0.25, 0.3) is 0 Å². The van der Waals surface area contributed by atoms with Crippen LogP contribution in [0, 0.1) is 11.8 Å². The summed E-state index contributed by atoms with van der Waals surface area (Å²) in [5, 5.41) is 0. The summed E-state index contributed by atoms with van der Waals surface area (Å²) in [6, 6.07) is 0. The zero-order chi connectivity index (χ0) is 8.81. The van der Waals surface area contributed by atoms with Crippen LogP contribution in [-0.4, -0.2) is 23.0 Å². The van der Waals surface area contributed by atoms with Gasteiger partial charge in [0.25, 0.3) is 0 Å². The molecule has 0 atom stereocenters. The summed E-state index contributed by atoms with van der Waals surface area (Å²) in [6.07, 6.45) is 4.43. The molecule has 0 aliphatic heterocycles. The van der Waals surface area contributed by atoms with Gasteiger partial charge in [-0.2, -0.15) is 0 Å². The van der Waals surface area contributed by atoms with Crippen molar-refractivity contribution in [1.82, 2.24) is 9.97 Å². The monoisotopic (exact) mass is 162 g/mol. The summed E-state index contributed by atoms with van der Waals surface area (Å²) in [5.74, 6) is 4.23. The minimum absolute atomic E-state index is 0.571. The first-order valence-electron chi connectivity index (χ1n) is 3.18. The highest BCUT2D eigenvalue weighted by atomic mass is 16.5. The molecule has 4 heteroatoms.